The molecular weight excluding hydrogens is 116 g/mol. The first-order valence-electron chi connectivity index (χ1n) is 1.57. The average Bonchev–Trinajstić information content (AvgIpc) is 1.30. The number of hydrogen-bond donors (Lipinski definition) is 0. The largest absolute Gasteiger partial charge is 0.267 e. The zero-order valence-corrected chi connectivity index (χ0v) is 4.94. The number of hydrogen-bond acceptors (Lipinski definition) is 3. The second kappa shape index (κ2) is 2.02. The number of sulfonamides is 1. The number of rotatable bonds is 1. The van der Waals surface area contributed by atoms with Crippen LogP contribution in [-0.4, -0.2) is 21.7 Å². The van der Waals surface area contributed by atoms with Gasteiger partial charge in [0.15, 0.2) is 0 Å². The van der Waals surface area contributed by atoms with E-state index in [2.05, 4.69) is 9.63 Å². The van der Waals surface area contributed by atoms with Crippen LogP contribution in [0.1, 0.15) is 0 Å². The van der Waals surface area contributed by atoms with Gasteiger partial charge in [-0.25, -0.2) is 8.42 Å². The van der Waals surface area contributed by atoms with Crippen molar-refractivity contribution in [1.82, 2.24) is 0 Å². The smallest absolute Gasteiger partial charge is 0.203 e. The van der Waals surface area contributed by atoms with E-state index in [0.29, 0.717) is 0 Å². The van der Waals surface area contributed by atoms with E-state index >= 15 is 0 Å². The maximum Gasteiger partial charge on any atom is 0.267 e. The first kappa shape index (κ1) is 6.55. The Bertz CT molecular complexity index is 157. The lowest BCUT2D eigenvalue weighted by Gasteiger charge is -1.76. The predicted molar refractivity (Wildman–Crippen MR) is 25.6 cm³/mol. The third-order valence-electron chi connectivity index (χ3n) is 0.230. The molecule has 0 spiro atoms. The molecule has 5 heteroatoms. The van der Waals surface area contributed by atoms with Crippen LogP contribution in [-0.2, 0) is 10.0 Å². The van der Waals surface area contributed by atoms with E-state index in [0.717, 1.165) is 6.26 Å². The Kier molecular flexibility index (Phi) is 1.89. The van der Waals surface area contributed by atoms with Gasteiger partial charge in [-0.05, 0) is 0 Å². The van der Waals surface area contributed by atoms with Gasteiger partial charge in [-0.2, -0.15) is 5.11 Å². The summed E-state index contributed by atoms with van der Waals surface area (Å²) in [7, 11) is -1.91. The molecule has 4 nitrogen and oxygen atoms in total. The van der Waals surface area contributed by atoms with Crippen LogP contribution < -0.4 is 0 Å². The molecule has 0 saturated heterocycles. The van der Waals surface area contributed by atoms with Crippen LogP contribution in [0.15, 0.2) is 9.63 Å². The molecule has 0 aromatic carbocycles. The summed E-state index contributed by atoms with van der Waals surface area (Å²) in [6, 6.07) is 0. The van der Waals surface area contributed by atoms with Gasteiger partial charge >= 0.3 is 0 Å². The Morgan fingerprint density at radius 2 is 1.86 bits per heavy atom. The van der Waals surface area contributed by atoms with Crippen LogP contribution in [0.2, 0.25) is 0 Å². The first-order valence-corrected chi connectivity index (χ1v) is 3.42. The zero-order valence-electron chi connectivity index (χ0n) is 4.12. The summed E-state index contributed by atoms with van der Waals surface area (Å²) in [5, 5.41) is 3.04. The van der Waals surface area contributed by atoms with Crippen molar-refractivity contribution in [2.75, 3.05) is 13.3 Å². The van der Waals surface area contributed by atoms with E-state index in [4.69, 9.17) is 0 Å². The molecule has 0 aliphatic rings. The highest BCUT2D eigenvalue weighted by molar-refractivity contribution is 7.89. The highest BCUT2D eigenvalue weighted by atomic mass is 32.2. The fraction of sp³-hybridized carbons (Fsp3) is 1.00. The summed E-state index contributed by atoms with van der Waals surface area (Å²) >= 11 is 0. The Morgan fingerprint density at radius 1 is 1.43 bits per heavy atom. The molecule has 42 valence electrons. The zero-order chi connectivity index (χ0) is 5.91. The van der Waals surface area contributed by atoms with E-state index in [-0.39, 0.29) is 0 Å². The molecule has 0 heterocycles. The monoisotopic (exact) mass is 122 g/mol. The van der Waals surface area contributed by atoms with Crippen molar-refractivity contribution < 1.29 is 8.42 Å². The summed E-state index contributed by atoms with van der Waals surface area (Å²) in [5.41, 5.74) is 0. The number of nitrogens with zero attached hydrogens (tertiary/aromatic N) is 2. The van der Waals surface area contributed by atoms with Crippen molar-refractivity contribution in [3.8, 4) is 0 Å². The third-order valence-corrected chi connectivity index (χ3v) is 0.690. The highest BCUT2D eigenvalue weighted by Crippen LogP contribution is 1.81. The van der Waals surface area contributed by atoms with Crippen molar-refractivity contribution >= 4 is 10.0 Å². The molecule has 0 atom stereocenters. The fourth-order valence-electron chi connectivity index (χ4n) is 0.148. The summed E-state index contributed by atoms with van der Waals surface area (Å²) in [6.07, 6.45) is 0.986. The molecule has 0 aliphatic heterocycles. The van der Waals surface area contributed by atoms with Gasteiger partial charge in [0.1, 0.15) is 0 Å². The van der Waals surface area contributed by atoms with E-state index < -0.39 is 10.0 Å². The quantitative estimate of drug-likeness (QED) is 0.460. The molecule has 0 rings (SSSR count). The molecule has 0 radical (unpaired) electrons. The molecule has 0 fully saturated rings. The lowest BCUT2D eigenvalue weighted by atomic mass is 11.6. The lowest BCUT2D eigenvalue weighted by molar-refractivity contribution is 0.601. The molecule has 0 aromatic rings. The maximum absolute atomic E-state index is 9.97. The van der Waals surface area contributed by atoms with Crippen molar-refractivity contribution in [2.45, 2.75) is 0 Å². The molecule has 0 saturated carbocycles. The summed E-state index contributed by atoms with van der Waals surface area (Å²) in [4.78, 5) is 0. The average molecular weight is 122 g/mol. The van der Waals surface area contributed by atoms with E-state index in [1.165, 1.54) is 7.05 Å². The van der Waals surface area contributed by atoms with Gasteiger partial charge in [0.05, 0.1) is 6.26 Å². The Labute approximate surface area is 42.3 Å². The molecule has 0 aromatic heterocycles. The molecule has 0 amide bonds. The van der Waals surface area contributed by atoms with E-state index in [9.17, 15) is 8.42 Å². The van der Waals surface area contributed by atoms with Gasteiger partial charge < -0.3 is 0 Å². The lowest BCUT2D eigenvalue weighted by Crippen LogP contribution is -1.85. The molecule has 0 N–H and O–H groups in total. The van der Waals surface area contributed by atoms with Gasteiger partial charge in [-0.1, -0.05) is 4.52 Å². The van der Waals surface area contributed by atoms with Crippen LogP contribution in [0.25, 0.3) is 0 Å². The fourth-order valence-corrected chi connectivity index (χ4v) is 0.445. The molecule has 0 bridgehead atoms. The van der Waals surface area contributed by atoms with Gasteiger partial charge in [-0.3, -0.25) is 0 Å². The minimum atomic E-state index is -3.22. The molecule has 7 heavy (non-hydrogen) atoms. The van der Waals surface area contributed by atoms with Crippen LogP contribution in [0, 0.1) is 0 Å². The normalized spacial score (nSPS) is 12.9. The van der Waals surface area contributed by atoms with Gasteiger partial charge in [0.25, 0.3) is 10.0 Å². The minimum absolute atomic E-state index is 0.986. The summed E-state index contributed by atoms with van der Waals surface area (Å²) < 4.78 is 22.8. The summed E-state index contributed by atoms with van der Waals surface area (Å²) in [6.45, 7) is 0. The van der Waals surface area contributed by atoms with Crippen LogP contribution in [0.4, 0.5) is 0 Å². The second-order valence-corrected chi connectivity index (χ2v) is 2.64. The summed E-state index contributed by atoms with van der Waals surface area (Å²) in [5.74, 6) is 0. The molecule has 0 unspecified atom stereocenters. The molecular formula is C2H6N2O2S. The Balaban J connectivity index is 4.13. The van der Waals surface area contributed by atoms with Gasteiger partial charge in [0.2, 0.25) is 0 Å². The van der Waals surface area contributed by atoms with Gasteiger partial charge in [-0.15, -0.1) is 0 Å². The SMILES string of the molecule is C/N=N\S(C)(=O)=O. The Hall–Kier alpha value is -0.450. The van der Waals surface area contributed by atoms with Crippen molar-refractivity contribution in [3.63, 3.8) is 0 Å². The second-order valence-electron chi connectivity index (χ2n) is 1.01. The van der Waals surface area contributed by atoms with Crippen molar-refractivity contribution in [3.05, 3.63) is 0 Å². The Morgan fingerprint density at radius 3 is 1.86 bits per heavy atom. The van der Waals surface area contributed by atoms with Crippen molar-refractivity contribution in [1.29, 1.82) is 0 Å². The highest BCUT2D eigenvalue weighted by Gasteiger charge is 1.90. The van der Waals surface area contributed by atoms with E-state index in [1.54, 1.807) is 0 Å². The topological polar surface area (TPSA) is 58.9 Å². The van der Waals surface area contributed by atoms with Crippen LogP contribution in [0.5, 0.6) is 0 Å². The third kappa shape index (κ3) is 5.55. The first-order chi connectivity index (χ1) is 3.06. The maximum atomic E-state index is 9.97. The van der Waals surface area contributed by atoms with E-state index in [1.807, 2.05) is 0 Å². The standard InChI is InChI=1S/C2H6N2O2S/c1-3-4-7(2,5)6/h1-2H3/b4-3-. The van der Waals surface area contributed by atoms with Crippen molar-refractivity contribution in [2.24, 2.45) is 9.63 Å². The van der Waals surface area contributed by atoms with Crippen LogP contribution in [0.3, 0.4) is 0 Å². The minimum Gasteiger partial charge on any atom is -0.203 e. The molecule has 0 aliphatic carbocycles. The predicted octanol–water partition coefficient (Wildman–Crippen LogP) is 0.0280. The van der Waals surface area contributed by atoms with Gasteiger partial charge in [0, 0.05) is 7.05 Å². The van der Waals surface area contributed by atoms with Crippen LogP contribution >= 0.6 is 0 Å².